The molecule has 1 heterocycles. The van der Waals surface area contributed by atoms with Gasteiger partial charge in [0.15, 0.2) is 5.17 Å². The second kappa shape index (κ2) is 9.31. The molecule has 11 heteroatoms. The average molecular weight is 455 g/mol. The third kappa shape index (κ3) is 6.07. The molecule has 2 amide bonds. The summed E-state index contributed by atoms with van der Waals surface area (Å²) < 4.78 is 38.3. The molecular formula is C19H14ClF3N4O2S. The van der Waals surface area contributed by atoms with E-state index < -0.39 is 28.8 Å². The molecule has 3 rings (SSSR count). The van der Waals surface area contributed by atoms with Crippen molar-refractivity contribution in [2.45, 2.75) is 17.8 Å². The maximum Gasteiger partial charge on any atom is 0.416 e. The van der Waals surface area contributed by atoms with Crippen LogP contribution in [0.15, 0.2) is 58.7 Å². The Balaban J connectivity index is 1.56. The second-order valence-corrected chi connectivity index (χ2v) is 7.76. The van der Waals surface area contributed by atoms with E-state index in [4.69, 9.17) is 11.6 Å². The maximum atomic E-state index is 12.8. The first-order valence-corrected chi connectivity index (χ1v) is 9.78. The quantitative estimate of drug-likeness (QED) is 0.521. The van der Waals surface area contributed by atoms with Crippen LogP contribution in [-0.2, 0) is 15.8 Å². The van der Waals surface area contributed by atoms with Crippen molar-refractivity contribution in [3.8, 4) is 0 Å². The summed E-state index contributed by atoms with van der Waals surface area (Å²) >= 11 is 6.81. The van der Waals surface area contributed by atoms with Crippen LogP contribution in [0.5, 0.6) is 0 Å². The van der Waals surface area contributed by atoms with Crippen molar-refractivity contribution >= 4 is 52.2 Å². The van der Waals surface area contributed by atoms with Gasteiger partial charge in [0.05, 0.1) is 11.8 Å². The lowest BCUT2D eigenvalue weighted by atomic mass is 10.2. The normalized spacial score (nSPS) is 18.1. The molecule has 0 aromatic heterocycles. The minimum Gasteiger partial charge on any atom is -0.326 e. The van der Waals surface area contributed by atoms with Crippen LogP contribution in [0.3, 0.4) is 0 Å². The fourth-order valence-corrected chi connectivity index (χ4v) is 3.49. The van der Waals surface area contributed by atoms with Crippen LogP contribution in [0, 0.1) is 0 Å². The van der Waals surface area contributed by atoms with Crippen molar-refractivity contribution in [3.63, 3.8) is 0 Å². The first-order valence-electron chi connectivity index (χ1n) is 8.52. The van der Waals surface area contributed by atoms with Gasteiger partial charge in [0.1, 0.15) is 5.25 Å². The third-order valence-corrected chi connectivity index (χ3v) is 5.17. The number of nitrogens with one attached hydrogen (secondary N) is 2. The number of amidine groups is 1. The average Bonchev–Trinajstić information content (AvgIpc) is 3.02. The van der Waals surface area contributed by atoms with Crippen LogP contribution in [-0.4, -0.2) is 28.4 Å². The van der Waals surface area contributed by atoms with Gasteiger partial charge in [-0.25, -0.2) is 0 Å². The molecule has 2 aromatic rings. The van der Waals surface area contributed by atoms with E-state index in [2.05, 4.69) is 20.8 Å². The summed E-state index contributed by atoms with van der Waals surface area (Å²) in [5.41, 5.74) is -0.115. The Morgan fingerprint density at radius 1 is 1.23 bits per heavy atom. The molecule has 156 valence electrons. The number of hydrogen-bond donors (Lipinski definition) is 2. The number of thioether (sulfide) groups is 1. The lowest BCUT2D eigenvalue weighted by Gasteiger charge is -2.10. The van der Waals surface area contributed by atoms with E-state index >= 15 is 0 Å². The predicted molar refractivity (Wildman–Crippen MR) is 111 cm³/mol. The van der Waals surface area contributed by atoms with Gasteiger partial charge in [-0.1, -0.05) is 41.6 Å². The Morgan fingerprint density at radius 3 is 2.67 bits per heavy atom. The van der Waals surface area contributed by atoms with Gasteiger partial charge in [-0.15, -0.1) is 5.10 Å². The highest BCUT2D eigenvalue weighted by Crippen LogP contribution is 2.31. The van der Waals surface area contributed by atoms with E-state index in [0.29, 0.717) is 5.02 Å². The summed E-state index contributed by atoms with van der Waals surface area (Å²) in [6.07, 6.45) is -3.27. The van der Waals surface area contributed by atoms with Crippen LogP contribution >= 0.6 is 23.4 Å². The number of carbonyl (C=O) groups is 2. The van der Waals surface area contributed by atoms with Crippen molar-refractivity contribution in [1.29, 1.82) is 0 Å². The maximum absolute atomic E-state index is 12.8. The van der Waals surface area contributed by atoms with Gasteiger partial charge in [0.25, 0.3) is 0 Å². The molecule has 1 aliphatic rings. The number of anilines is 1. The molecule has 0 saturated carbocycles. The number of benzene rings is 2. The van der Waals surface area contributed by atoms with Gasteiger partial charge >= 0.3 is 6.18 Å². The number of rotatable bonds is 5. The highest BCUT2D eigenvalue weighted by Gasteiger charge is 2.33. The van der Waals surface area contributed by atoms with E-state index in [-0.39, 0.29) is 17.3 Å². The monoisotopic (exact) mass is 454 g/mol. The molecule has 0 bridgehead atoms. The SMILES string of the molecule is O=C(CC1S/C(=N\N=Cc2ccc(Cl)cc2)NC1=O)Nc1cccc(C(F)(F)F)c1. The second-order valence-electron chi connectivity index (χ2n) is 6.13. The van der Waals surface area contributed by atoms with E-state index in [9.17, 15) is 22.8 Å². The summed E-state index contributed by atoms with van der Waals surface area (Å²) in [6.45, 7) is 0. The highest BCUT2D eigenvalue weighted by atomic mass is 35.5. The number of amides is 2. The van der Waals surface area contributed by atoms with Crippen LogP contribution in [0.2, 0.25) is 5.02 Å². The zero-order valence-electron chi connectivity index (χ0n) is 15.1. The summed E-state index contributed by atoms with van der Waals surface area (Å²) in [7, 11) is 0. The molecule has 1 saturated heterocycles. The molecular weight excluding hydrogens is 441 g/mol. The molecule has 0 spiro atoms. The Morgan fingerprint density at radius 2 is 1.97 bits per heavy atom. The molecule has 0 radical (unpaired) electrons. The van der Waals surface area contributed by atoms with Gasteiger partial charge in [-0.2, -0.15) is 18.3 Å². The molecule has 1 fully saturated rings. The van der Waals surface area contributed by atoms with Crippen LogP contribution in [0.1, 0.15) is 17.5 Å². The highest BCUT2D eigenvalue weighted by molar-refractivity contribution is 8.15. The molecule has 2 aromatic carbocycles. The van der Waals surface area contributed by atoms with Crippen LogP contribution in [0.25, 0.3) is 0 Å². The topological polar surface area (TPSA) is 82.9 Å². The van der Waals surface area contributed by atoms with Crippen molar-refractivity contribution < 1.29 is 22.8 Å². The summed E-state index contributed by atoms with van der Waals surface area (Å²) in [6, 6.07) is 11.1. The van der Waals surface area contributed by atoms with Gasteiger partial charge in [-0.05, 0) is 35.9 Å². The Bertz CT molecular complexity index is 1010. The molecule has 1 atom stereocenters. The molecule has 30 heavy (non-hydrogen) atoms. The first kappa shape index (κ1) is 21.8. The Kier molecular flexibility index (Phi) is 6.78. The van der Waals surface area contributed by atoms with Gasteiger partial charge in [-0.3, -0.25) is 9.59 Å². The zero-order valence-corrected chi connectivity index (χ0v) is 16.7. The summed E-state index contributed by atoms with van der Waals surface area (Å²) in [5.74, 6) is -1.02. The smallest absolute Gasteiger partial charge is 0.326 e. The van der Waals surface area contributed by atoms with E-state index in [1.165, 1.54) is 18.3 Å². The fourth-order valence-electron chi connectivity index (χ4n) is 2.44. The first-order chi connectivity index (χ1) is 14.2. The zero-order chi connectivity index (χ0) is 21.7. The van der Waals surface area contributed by atoms with E-state index in [1.807, 2.05) is 0 Å². The van der Waals surface area contributed by atoms with Crippen LogP contribution in [0.4, 0.5) is 18.9 Å². The number of hydrogen-bond acceptors (Lipinski definition) is 5. The summed E-state index contributed by atoms with van der Waals surface area (Å²) in [4.78, 5) is 24.2. The number of alkyl halides is 3. The minimum atomic E-state index is -4.51. The van der Waals surface area contributed by atoms with E-state index in [0.717, 1.165) is 29.5 Å². The van der Waals surface area contributed by atoms with Crippen LogP contribution < -0.4 is 10.6 Å². The number of halogens is 4. The van der Waals surface area contributed by atoms with Gasteiger partial charge < -0.3 is 10.6 Å². The standard InChI is InChI=1S/C19H14ClF3N4O2S/c20-13-6-4-11(5-7-13)10-24-27-18-26-17(29)15(30-18)9-16(28)25-14-3-1-2-12(8-14)19(21,22)23/h1-8,10,15H,9H2,(H,25,28)(H,26,27,29). The van der Waals surface area contributed by atoms with Crippen molar-refractivity contribution in [1.82, 2.24) is 5.32 Å². The third-order valence-electron chi connectivity index (χ3n) is 3.85. The van der Waals surface area contributed by atoms with Crippen molar-refractivity contribution in [3.05, 3.63) is 64.7 Å². The Hall–Kier alpha value is -2.85. The molecule has 1 unspecified atom stereocenters. The molecule has 0 aliphatic carbocycles. The lowest BCUT2D eigenvalue weighted by molar-refractivity contribution is -0.137. The predicted octanol–water partition coefficient (Wildman–Crippen LogP) is 4.31. The number of nitrogens with zero attached hydrogens (tertiary/aromatic N) is 2. The Labute approximate surface area is 178 Å². The minimum absolute atomic E-state index is 0.000292. The largest absolute Gasteiger partial charge is 0.416 e. The van der Waals surface area contributed by atoms with E-state index in [1.54, 1.807) is 24.3 Å². The lowest BCUT2D eigenvalue weighted by Crippen LogP contribution is -2.28. The van der Waals surface area contributed by atoms with Gasteiger partial charge in [0, 0.05) is 17.1 Å². The molecule has 1 aliphatic heterocycles. The molecule has 6 nitrogen and oxygen atoms in total. The number of carbonyl (C=O) groups excluding carboxylic acids is 2. The summed E-state index contributed by atoms with van der Waals surface area (Å²) in [5, 5.41) is 12.7. The van der Waals surface area contributed by atoms with Crippen molar-refractivity contribution in [2.24, 2.45) is 10.2 Å². The fraction of sp³-hybridized carbons (Fsp3) is 0.158. The van der Waals surface area contributed by atoms with Gasteiger partial charge in [0.2, 0.25) is 11.8 Å². The van der Waals surface area contributed by atoms with Crippen molar-refractivity contribution in [2.75, 3.05) is 5.32 Å². The molecule has 2 N–H and O–H groups in total.